The number of fused-ring (bicyclic) bond motifs is 1. The Morgan fingerprint density at radius 3 is 2.90 bits per heavy atom. The van der Waals surface area contributed by atoms with E-state index in [0.717, 1.165) is 18.5 Å². The first-order valence-corrected chi connectivity index (χ1v) is 7.50. The van der Waals surface area contributed by atoms with Gasteiger partial charge >= 0.3 is 5.97 Å². The smallest absolute Gasteiger partial charge is 0.337 e. The molecule has 1 atom stereocenters. The molecule has 1 aliphatic heterocycles. The van der Waals surface area contributed by atoms with Crippen LogP contribution in [0.15, 0.2) is 12.1 Å². The number of imidazole rings is 1. The number of nitrogens with zero attached hydrogens (tertiary/aromatic N) is 2. The Balaban J connectivity index is 2.12. The zero-order valence-electron chi connectivity index (χ0n) is 11.4. The molecule has 0 saturated carbocycles. The predicted molar refractivity (Wildman–Crippen MR) is 80.0 cm³/mol. The molecule has 0 aliphatic carbocycles. The molecule has 1 fully saturated rings. The van der Waals surface area contributed by atoms with Crippen molar-refractivity contribution >= 4 is 40.2 Å². The summed E-state index contributed by atoms with van der Waals surface area (Å²) in [6, 6.07) is 3.29. The fourth-order valence-corrected chi connectivity index (χ4v) is 2.86. The van der Waals surface area contributed by atoms with Crippen LogP contribution in [0.5, 0.6) is 0 Å². The highest BCUT2D eigenvalue weighted by molar-refractivity contribution is 6.35. The van der Waals surface area contributed by atoms with Crippen LogP contribution in [0.2, 0.25) is 5.02 Å². The lowest BCUT2D eigenvalue weighted by Gasteiger charge is -2.27. The number of aromatic nitrogens is 2. The highest BCUT2D eigenvalue weighted by Gasteiger charge is 2.23. The average molecular weight is 329 g/mol. The predicted octanol–water partition coefficient (Wildman–Crippen LogP) is 3.00. The quantitative estimate of drug-likeness (QED) is 0.639. The standard InChI is InChI=1S/C14H14Cl2N2O3/c1-20-14(19)8-4-10(16)13-11(5-8)18(12(6-15)17-13)7-9-2-3-21-9/h4-5,9H,2-3,6-7H2,1H3/t9-/m0/s1. The van der Waals surface area contributed by atoms with Gasteiger partial charge in [-0.3, -0.25) is 0 Å². The SMILES string of the molecule is COC(=O)c1cc(Cl)c2nc(CCl)n(C[C@@H]3CCO3)c2c1. The van der Waals surface area contributed by atoms with Gasteiger partial charge in [0.1, 0.15) is 11.3 Å². The van der Waals surface area contributed by atoms with Crippen LogP contribution in [0.25, 0.3) is 11.0 Å². The first kappa shape index (κ1) is 14.6. The summed E-state index contributed by atoms with van der Waals surface area (Å²) in [5.41, 5.74) is 1.81. The van der Waals surface area contributed by atoms with Crippen LogP contribution in [0.1, 0.15) is 22.6 Å². The number of hydrogen-bond donors (Lipinski definition) is 0. The fourth-order valence-electron chi connectivity index (χ4n) is 2.40. The van der Waals surface area contributed by atoms with Crippen molar-refractivity contribution in [3.63, 3.8) is 0 Å². The van der Waals surface area contributed by atoms with E-state index in [1.165, 1.54) is 7.11 Å². The van der Waals surface area contributed by atoms with E-state index >= 15 is 0 Å². The lowest BCUT2D eigenvalue weighted by atomic mass is 10.1. The van der Waals surface area contributed by atoms with Gasteiger partial charge in [0.05, 0.1) is 41.7 Å². The minimum Gasteiger partial charge on any atom is -0.465 e. The second-order valence-electron chi connectivity index (χ2n) is 4.87. The van der Waals surface area contributed by atoms with Crippen LogP contribution in [0.3, 0.4) is 0 Å². The summed E-state index contributed by atoms with van der Waals surface area (Å²) in [7, 11) is 1.34. The number of alkyl halides is 1. The molecule has 21 heavy (non-hydrogen) atoms. The molecular formula is C14H14Cl2N2O3. The minimum atomic E-state index is -0.432. The van der Waals surface area contributed by atoms with Crippen molar-refractivity contribution in [2.45, 2.75) is 24.9 Å². The van der Waals surface area contributed by atoms with Crippen LogP contribution < -0.4 is 0 Å². The summed E-state index contributed by atoms with van der Waals surface area (Å²) in [5, 5.41) is 0.410. The van der Waals surface area contributed by atoms with Crippen molar-refractivity contribution < 1.29 is 14.3 Å². The van der Waals surface area contributed by atoms with Gasteiger partial charge in [-0.25, -0.2) is 9.78 Å². The van der Waals surface area contributed by atoms with E-state index in [1.807, 2.05) is 4.57 Å². The molecule has 0 bridgehead atoms. The molecule has 5 nitrogen and oxygen atoms in total. The summed E-state index contributed by atoms with van der Waals surface area (Å²) >= 11 is 12.2. The van der Waals surface area contributed by atoms with E-state index in [0.29, 0.717) is 28.5 Å². The number of carbonyl (C=O) groups excluding carboxylic acids is 1. The van der Waals surface area contributed by atoms with Gasteiger partial charge in [-0.05, 0) is 18.6 Å². The molecule has 3 rings (SSSR count). The lowest BCUT2D eigenvalue weighted by Crippen LogP contribution is -2.31. The monoisotopic (exact) mass is 328 g/mol. The summed E-state index contributed by atoms with van der Waals surface area (Å²) < 4.78 is 12.2. The summed E-state index contributed by atoms with van der Waals surface area (Å²) in [5.74, 6) is 0.551. The highest BCUT2D eigenvalue weighted by atomic mass is 35.5. The number of esters is 1. The summed E-state index contributed by atoms with van der Waals surface area (Å²) in [6.45, 7) is 1.43. The van der Waals surface area contributed by atoms with Crippen molar-refractivity contribution in [2.24, 2.45) is 0 Å². The normalized spacial score (nSPS) is 17.8. The molecular weight excluding hydrogens is 315 g/mol. The van der Waals surface area contributed by atoms with Gasteiger partial charge in [-0.15, -0.1) is 11.6 Å². The van der Waals surface area contributed by atoms with Gasteiger partial charge in [-0.2, -0.15) is 0 Å². The van der Waals surface area contributed by atoms with Crippen molar-refractivity contribution in [3.05, 3.63) is 28.5 Å². The van der Waals surface area contributed by atoms with Gasteiger partial charge < -0.3 is 14.0 Å². The second-order valence-corrected chi connectivity index (χ2v) is 5.55. The Labute approximate surface area is 131 Å². The Morgan fingerprint density at radius 1 is 1.57 bits per heavy atom. The van der Waals surface area contributed by atoms with Crippen LogP contribution in [-0.4, -0.2) is 35.3 Å². The molecule has 0 amide bonds. The van der Waals surface area contributed by atoms with Crippen molar-refractivity contribution in [3.8, 4) is 0 Å². The molecule has 0 spiro atoms. The zero-order chi connectivity index (χ0) is 15.0. The number of methoxy groups -OCH3 is 1. The van der Waals surface area contributed by atoms with Gasteiger partial charge in [0.25, 0.3) is 0 Å². The summed E-state index contributed by atoms with van der Waals surface area (Å²) in [6.07, 6.45) is 1.16. The lowest BCUT2D eigenvalue weighted by molar-refractivity contribution is -0.0589. The van der Waals surface area contributed by atoms with E-state index in [2.05, 4.69) is 4.98 Å². The molecule has 2 heterocycles. The summed E-state index contributed by atoms with van der Waals surface area (Å²) in [4.78, 5) is 16.2. The molecule has 7 heteroatoms. The molecule has 1 aromatic heterocycles. The van der Waals surface area contributed by atoms with Crippen LogP contribution in [0, 0.1) is 0 Å². The molecule has 0 unspecified atom stereocenters. The van der Waals surface area contributed by atoms with Crippen molar-refractivity contribution in [2.75, 3.05) is 13.7 Å². The topological polar surface area (TPSA) is 53.3 Å². The molecule has 112 valence electrons. The van der Waals surface area contributed by atoms with E-state index < -0.39 is 5.97 Å². The average Bonchev–Trinajstić information content (AvgIpc) is 2.80. The fraction of sp³-hybridized carbons (Fsp3) is 0.429. The second kappa shape index (κ2) is 5.83. The van der Waals surface area contributed by atoms with Crippen molar-refractivity contribution in [1.29, 1.82) is 0 Å². The maximum absolute atomic E-state index is 11.7. The maximum atomic E-state index is 11.7. The largest absolute Gasteiger partial charge is 0.465 e. The number of benzene rings is 1. The maximum Gasteiger partial charge on any atom is 0.337 e. The van der Waals surface area contributed by atoms with E-state index in [-0.39, 0.29) is 12.0 Å². The third-order valence-corrected chi connectivity index (χ3v) is 4.13. The van der Waals surface area contributed by atoms with Gasteiger partial charge in [-0.1, -0.05) is 11.6 Å². The van der Waals surface area contributed by atoms with Gasteiger partial charge in [0.15, 0.2) is 0 Å². The molecule has 0 radical (unpaired) electrons. The molecule has 1 saturated heterocycles. The van der Waals surface area contributed by atoms with E-state index in [4.69, 9.17) is 32.7 Å². The number of hydrogen-bond acceptors (Lipinski definition) is 4. The van der Waals surface area contributed by atoms with Gasteiger partial charge in [0, 0.05) is 6.61 Å². The number of ether oxygens (including phenoxy) is 2. The van der Waals surface area contributed by atoms with Crippen LogP contribution >= 0.6 is 23.2 Å². The van der Waals surface area contributed by atoms with Crippen molar-refractivity contribution in [1.82, 2.24) is 9.55 Å². The van der Waals surface area contributed by atoms with Crippen LogP contribution in [-0.2, 0) is 21.9 Å². The first-order valence-electron chi connectivity index (χ1n) is 6.58. The highest BCUT2D eigenvalue weighted by Crippen LogP contribution is 2.28. The Kier molecular flexibility index (Phi) is 4.06. The Hall–Kier alpha value is -1.30. The van der Waals surface area contributed by atoms with E-state index in [9.17, 15) is 4.79 Å². The van der Waals surface area contributed by atoms with E-state index in [1.54, 1.807) is 12.1 Å². The van der Waals surface area contributed by atoms with Gasteiger partial charge in [0.2, 0.25) is 0 Å². The third-order valence-electron chi connectivity index (χ3n) is 3.61. The first-order chi connectivity index (χ1) is 10.1. The molecule has 1 aliphatic rings. The third kappa shape index (κ3) is 2.61. The number of rotatable bonds is 4. The molecule has 1 aromatic carbocycles. The number of carbonyl (C=O) groups is 1. The molecule has 0 N–H and O–H groups in total. The number of halogens is 2. The minimum absolute atomic E-state index is 0.157. The Bertz CT molecular complexity index is 695. The molecule has 2 aromatic rings. The zero-order valence-corrected chi connectivity index (χ0v) is 12.9. The van der Waals surface area contributed by atoms with Crippen LogP contribution in [0.4, 0.5) is 0 Å². The Morgan fingerprint density at radius 2 is 2.33 bits per heavy atom.